The van der Waals surface area contributed by atoms with E-state index in [-0.39, 0.29) is 11.4 Å². The molecule has 2 rings (SSSR count). The number of rotatable bonds is 9. The van der Waals surface area contributed by atoms with Gasteiger partial charge in [-0.3, -0.25) is 9.48 Å². The number of anilines is 2. The van der Waals surface area contributed by atoms with Gasteiger partial charge in [0.25, 0.3) is 5.91 Å². The zero-order valence-corrected chi connectivity index (χ0v) is 14.3. The predicted octanol–water partition coefficient (Wildman–Crippen LogP) is 3.17. The molecule has 0 fully saturated rings. The van der Waals surface area contributed by atoms with E-state index in [1.165, 1.54) is 25.7 Å². The molecule has 0 radical (unpaired) electrons. The lowest BCUT2D eigenvalue weighted by molar-refractivity contribution is 0.100. The van der Waals surface area contributed by atoms with E-state index in [4.69, 9.17) is 17.2 Å². The Morgan fingerprint density at radius 3 is 2.42 bits per heavy atom. The molecule has 1 aromatic carbocycles. The number of hydrogen-bond donors (Lipinski definition) is 3. The number of carbonyl (C=O) groups excluding carboxylic acids is 1. The summed E-state index contributed by atoms with van der Waals surface area (Å²) in [5.41, 5.74) is 19.7. The highest BCUT2D eigenvalue weighted by Gasteiger charge is 2.22. The van der Waals surface area contributed by atoms with Gasteiger partial charge in [0.2, 0.25) is 0 Å². The van der Waals surface area contributed by atoms with E-state index in [1.54, 1.807) is 10.7 Å². The van der Waals surface area contributed by atoms with Crippen LogP contribution in [0.3, 0.4) is 0 Å². The third-order valence-corrected chi connectivity index (χ3v) is 4.17. The number of amides is 1. The fraction of sp³-hybridized carbons (Fsp3) is 0.444. The van der Waals surface area contributed by atoms with Gasteiger partial charge in [0.1, 0.15) is 5.56 Å². The Kier molecular flexibility index (Phi) is 6.23. The Labute approximate surface area is 143 Å². The first-order valence-electron chi connectivity index (χ1n) is 8.57. The molecular weight excluding hydrogens is 302 g/mol. The van der Waals surface area contributed by atoms with Gasteiger partial charge in [-0.1, -0.05) is 57.2 Å². The minimum Gasteiger partial charge on any atom is -0.398 e. The summed E-state index contributed by atoms with van der Waals surface area (Å²) in [5.74, 6) is -0.424. The number of hydrogen-bond acceptors (Lipinski definition) is 4. The minimum absolute atomic E-state index is 0.159. The number of unbranched alkanes of at least 4 members (excludes halogenated alkanes) is 5. The summed E-state index contributed by atoms with van der Waals surface area (Å²) in [4.78, 5) is 11.8. The Bertz CT molecular complexity index is 693. The highest BCUT2D eigenvalue weighted by molar-refractivity contribution is 6.04. The summed E-state index contributed by atoms with van der Waals surface area (Å²) in [5, 5.41) is 4.32. The summed E-state index contributed by atoms with van der Waals surface area (Å²) in [6.45, 7) is 2.89. The Morgan fingerprint density at radius 2 is 1.75 bits per heavy atom. The molecule has 6 heteroatoms. The SMILES string of the molecule is CCCCCCCCn1nc(N)c(C(N)=O)c1-c1ccccc1N. The van der Waals surface area contributed by atoms with Crippen LogP contribution >= 0.6 is 0 Å². The topological polar surface area (TPSA) is 113 Å². The van der Waals surface area contributed by atoms with Crippen LogP contribution in [0, 0.1) is 0 Å². The largest absolute Gasteiger partial charge is 0.398 e. The second-order valence-corrected chi connectivity index (χ2v) is 6.05. The van der Waals surface area contributed by atoms with Crippen LogP contribution in [0.5, 0.6) is 0 Å². The first-order chi connectivity index (χ1) is 11.6. The molecule has 24 heavy (non-hydrogen) atoms. The van der Waals surface area contributed by atoms with Gasteiger partial charge in [-0.25, -0.2) is 0 Å². The molecule has 6 nitrogen and oxygen atoms in total. The number of nitrogens with zero attached hydrogens (tertiary/aromatic N) is 2. The Balaban J connectivity index is 2.24. The minimum atomic E-state index is -0.583. The van der Waals surface area contributed by atoms with Crippen molar-refractivity contribution in [1.82, 2.24) is 9.78 Å². The lowest BCUT2D eigenvalue weighted by Crippen LogP contribution is -2.14. The molecule has 130 valence electrons. The molecule has 0 spiro atoms. The monoisotopic (exact) mass is 329 g/mol. The second-order valence-electron chi connectivity index (χ2n) is 6.05. The molecule has 0 aliphatic carbocycles. The second kappa shape index (κ2) is 8.38. The van der Waals surface area contributed by atoms with Gasteiger partial charge in [0, 0.05) is 17.8 Å². The fourth-order valence-electron chi connectivity index (χ4n) is 2.91. The van der Waals surface area contributed by atoms with Crippen LogP contribution in [0.4, 0.5) is 11.5 Å². The third kappa shape index (κ3) is 4.07. The fourth-order valence-corrected chi connectivity index (χ4v) is 2.91. The number of aryl methyl sites for hydroxylation is 1. The molecule has 0 unspecified atom stereocenters. The standard InChI is InChI=1S/C18H27N5O/c1-2-3-4-5-6-9-12-23-16(13-10-7-8-11-14(13)19)15(18(21)24)17(20)22-23/h7-8,10-11H,2-6,9,12,19H2,1H3,(H2,20,22)(H2,21,24). The lowest BCUT2D eigenvalue weighted by Gasteiger charge is -2.11. The van der Waals surface area contributed by atoms with Crippen molar-refractivity contribution >= 4 is 17.4 Å². The molecule has 6 N–H and O–H groups in total. The van der Waals surface area contributed by atoms with Crippen molar-refractivity contribution in [2.75, 3.05) is 11.5 Å². The number of aromatic nitrogens is 2. The Hall–Kier alpha value is -2.50. The maximum absolute atomic E-state index is 11.8. The smallest absolute Gasteiger partial charge is 0.254 e. The number of carbonyl (C=O) groups is 1. The number of benzene rings is 1. The Morgan fingerprint density at radius 1 is 1.08 bits per heavy atom. The van der Waals surface area contributed by atoms with Gasteiger partial charge >= 0.3 is 0 Å². The first-order valence-corrected chi connectivity index (χ1v) is 8.57. The molecular formula is C18H27N5O. The van der Waals surface area contributed by atoms with Crippen molar-refractivity contribution < 1.29 is 4.79 Å². The number of primary amides is 1. The summed E-state index contributed by atoms with van der Waals surface area (Å²) < 4.78 is 1.76. The van der Waals surface area contributed by atoms with E-state index >= 15 is 0 Å². The molecule has 2 aromatic rings. The van der Waals surface area contributed by atoms with Gasteiger partial charge < -0.3 is 17.2 Å². The normalized spacial score (nSPS) is 10.9. The van der Waals surface area contributed by atoms with E-state index in [2.05, 4.69) is 12.0 Å². The van der Waals surface area contributed by atoms with E-state index in [9.17, 15) is 4.79 Å². The highest BCUT2D eigenvalue weighted by atomic mass is 16.1. The van der Waals surface area contributed by atoms with Crippen LogP contribution in [0.25, 0.3) is 11.3 Å². The van der Waals surface area contributed by atoms with Crippen LogP contribution < -0.4 is 17.2 Å². The molecule has 0 atom stereocenters. The van der Waals surface area contributed by atoms with Crippen molar-refractivity contribution in [3.8, 4) is 11.3 Å². The van der Waals surface area contributed by atoms with Crippen LogP contribution in [-0.4, -0.2) is 15.7 Å². The quantitative estimate of drug-likeness (QED) is 0.484. The van der Waals surface area contributed by atoms with Crippen LogP contribution in [-0.2, 0) is 6.54 Å². The molecule has 1 heterocycles. The number of nitrogen functional groups attached to an aromatic ring is 2. The molecule has 0 saturated heterocycles. The maximum atomic E-state index is 11.8. The molecule has 1 aromatic heterocycles. The molecule has 0 aliphatic rings. The van der Waals surface area contributed by atoms with Crippen molar-refractivity contribution in [2.24, 2.45) is 5.73 Å². The van der Waals surface area contributed by atoms with Gasteiger partial charge in [-0.15, -0.1) is 0 Å². The summed E-state index contributed by atoms with van der Waals surface area (Å²) in [7, 11) is 0. The maximum Gasteiger partial charge on any atom is 0.254 e. The summed E-state index contributed by atoms with van der Waals surface area (Å²) in [6, 6.07) is 7.36. The summed E-state index contributed by atoms with van der Waals surface area (Å²) in [6.07, 6.45) is 7.05. The average molecular weight is 329 g/mol. The molecule has 0 saturated carbocycles. The van der Waals surface area contributed by atoms with Crippen LogP contribution in [0.1, 0.15) is 55.8 Å². The van der Waals surface area contributed by atoms with Crippen LogP contribution in [0.2, 0.25) is 0 Å². The third-order valence-electron chi connectivity index (χ3n) is 4.17. The van der Waals surface area contributed by atoms with Gasteiger partial charge in [-0.05, 0) is 12.5 Å². The van der Waals surface area contributed by atoms with Gasteiger partial charge in [0.15, 0.2) is 5.82 Å². The predicted molar refractivity (Wildman–Crippen MR) is 98.4 cm³/mol. The van der Waals surface area contributed by atoms with Crippen molar-refractivity contribution in [1.29, 1.82) is 0 Å². The molecule has 0 bridgehead atoms. The van der Waals surface area contributed by atoms with E-state index in [1.807, 2.05) is 18.2 Å². The van der Waals surface area contributed by atoms with Crippen molar-refractivity contribution in [2.45, 2.75) is 52.0 Å². The van der Waals surface area contributed by atoms with Crippen molar-refractivity contribution in [3.63, 3.8) is 0 Å². The van der Waals surface area contributed by atoms with E-state index in [0.717, 1.165) is 18.4 Å². The van der Waals surface area contributed by atoms with Crippen molar-refractivity contribution in [3.05, 3.63) is 29.8 Å². The van der Waals surface area contributed by atoms with E-state index < -0.39 is 5.91 Å². The lowest BCUT2D eigenvalue weighted by atomic mass is 10.0. The van der Waals surface area contributed by atoms with Crippen LogP contribution in [0.15, 0.2) is 24.3 Å². The highest BCUT2D eigenvalue weighted by Crippen LogP contribution is 2.32. The molecule has 0 aliphatic heterocycles. The van der Waals surface area contributed by atoms with Gasteiger partial charge in [-0.2, -0.15) is 5.10 Å². The zero-order chi connectivity index (χ0) is 17.5. The first kappa shape index (κ1) is 17.8. The average Bonchev–Trinajstić information content (AvgIpc) is 2.87. The summed E-state index contributed by atoms with van der Waals surface area (Å²) >= 11 is 0. The number of para-hydroxylation sites is 1. The van der Waals surface area contributed by atoms with Gasteiger partial charge in [0.05, 0.1) is 5.69 Å². The number of nitrogens with two attached hydrogens (primary N) is 3. The molecule has 1 amide bonds. The van der Waals surface area contributed by atoms with E-state index in [0.29, 0.717) is 17.9 Å². The zero-order valence-electron chi connectivity index (χ0n) is 14.3.